The first kappa shape index (κ1) is 13.6. The van der Waals surface area contributed by atoms with Gasteiger partial charge in [0, 0.05) is 17.8 Å². The number of carbonyl (C=O) groups excluding carboxylic acids is 1. The number of piperidine rings is 1. The molecule has 3 rings (SSSR count). The minimum atomic E-state index is 0.224. The van der Waals surface area contributed by atoms with Crippen LogP contribution in [0.1, 0.15) is 35.5 Å². The summed E-state index contributed by atoms with van der Waals surface area (Å²) < 4.78 is 1.21. The molecule has 1 aliphatic heterocycles. The average Bonchev–Trinajstić information content (AvgIpc) is 2.75. The van der Waals surface area contributed by atoms with E-state index in [1.807, 2.05) is 12.1 Å². The Hall–Kier alpha value is -1.35. The van der Waals surface area contributed by atoms with Crippen molar-refractivity contribution in [3.8, 4) is 0 Å². The monoisotopic (exact) mass is 287 g/mol. The Morgan fingerprint density at radius 1 is 1.20 bits per heavy atom. The maximum absolute atomic E-state index is 12.8. The van der Waals surface area contributed by atoms with Crippen molar-refractivity contribution in [3.05, 3.63) is 34.7 Å². The third kappa shape index (κ3) is 2.35. The third-order valence-corrected chi connectivity index (χ3v) is 5.45. The first-order valence-electron chi connectivity index (χ1n) is 7.33. The molecule has 2 aromatic rings. The fraction of sp³-hybridized carbons (Fsp3) is 0.471. The first-order chi connectivity index (χ1) is 9.56. The normalized spacial score (nSPS) is 23.2. The van der Waals surface area contributed by atoms with Gasteiger partial charge in [0.15, 0.2) is 0 Å². The van der Waals surface area contributed by atoms with Crippen LogP contribution in [0.2, 0.25) is 0 Å². The van der Waals surface area contributed by atoms with Crippen LogP contribution in [0.15, 0.2) is 24.3 Å². The number of rotatable bonds is 1. The number of aryl methyl sites for hydroxylation is 1. The summed E-state index contributed by atoms with van der Waals surface area (Å²) in [6.07, 6.45) is 1.23. The molecule has 1 amide bonds. The maximum Gasteiger partial charge on any atom is 0.264 e. The van der Waals surface area contributed by atoms with E-state index in [9.17, 15) is 4.79 Å². The lowest BCUT2D eigenvalue weighted by molar-refractivity contribution is 0.0627. The zero-order chi connectivity index (χ0) is 14.3. The lowest BCUT2D eigenvalue weighted by Gasteiger charge is -2.34. The fourth-order valence-corrected chi connectivity index (χ4v) is 4.53. The zero-order valence-electron chi connectivity index (χ0n) is 12.3. The molecule has 1 aliphatic rings. The third-order valence-electron chi connectivity index (χ3n) is 4.19. The van der Waals surface area contributed by atoms with E-state index in [2.05, 4.69) is 37.8 Å². The second-order valence-corrected chi connectivity index (χ2v) is 7.26. The number of likely N-dealkylation sites (tertiary alicyclic amines) is 1. The van der Waals surface area contributed by atoms with Crippen molar-refractivity contribution in [3.63, 3.8) is 0 Å². The summed E-state index contributed by atoms with van der Waals surface area (Å²) in [4.78, 5) is 15.8. The van der Waals surface area contributed by atoms with Crippen molar-refractivity contribution in [1.82, 2.24) is 4.90 Å². The lowest BCUT2D eigenvalue weighted by atomic mass is 9.92. The summed E-state index contributed by atoms with van der Waals surface area (Å²) >= 11 is 1.64. The molecular formula is C17H21NOS. The van der Waals surface area contributed by atoms with E-state index in [0.29, 0.717) is 11.8 Å². The van der Waals surface area contributed by atoms with Gasteiger partial charge < -0.3 is 4.90 Å². The van der Waals surface area contributed by atoms with Gasteiger partial charge >= 0.3 is 0 Å². The van der Waals surface area contributed by atoms with Crippen LogP contribution in [0.5, 0.6) is 0 Å². The quantitative estimate of drug-likeness (QED) is 0.764. The van der Waals surface area contributed by atoms with Gasteiger partial charge in [0.1, 0.15) is 0 Å². The predicted octanol–water partition coefficient (Wildman–Crippen LogP) is 4.33. The second-order valence-electron chi connectivity index (χ2n) is 6.21. The second kappa shape index (κ2) is 5.21. The molecule has 3 heteroatoms. The summed E-state index contributed by atoms with van der Waals surface area (Å²) in [7, 11) is 0. The van der Waals surface area contributed by atoms with Crippen LogP contribution >= 0.6 is 11.3 Å². The largest absolute Gasteiger partial charge is 0.337 e. The number of hydrogen-bond donors (Lipinski definition) is 0. The zero-order valence-corrected chi connectivity index (χ0v) is 13.2. The molecule has 2 atom stereocenters. The highest BCUT2D eigenvalue weighted by atomic mass is 32.1. The minimum absolute atomic E-state index is 0.224. The van der Waals surface area contributed by atoms with Crippen LogP contribution in [0.4, 0.5) is 0 Å². The van der Waals surface area contributed by atoms with E-state index in [-0.39, 0.29) is 5.91 Å². The smallest absolute Gasteiger partial charge is 0.264 e. The Morgan fingerprint density at radius 2 is 1.85 bits per heavy atom. The van der Waals surface area contributed by atoms with Crippen LogP contribution < -0.4 is 0 Å². The molecule has 0 unspecified atom stereocenters. The van der Waals surface area contributed by atoms with Gasteiger partial charge in [-0.3, -0.25) is 4.79 Å². The molecule has 1 aromatic heterocycles. The highest BCUT2D eigenvalue weighted by molar-refractivity contribution is 7.21. The topological polar surface area (TPSA) is 20.3 Å². The van der Waals surface area contributed by atoms with Crippen molar-refractivity contribution < 1.29 is 4.79 Å². The van der Waals surface area contributed by atoms with E-state index in [4.69, 9.17) is 0 Å². The van der Waals surface area contributed by atoms with Gasteiger partial charge in [-0.05, 0) is 42.2 Å². The Labute approximate surface area is 124 Å². The molecule has 2 nitrogen and oxygen atoms in total. The van der Waals surface area contributed by atoms with Crippen molar-refractivity contribution >= 4 is 27.3 Å². The van der Waals surface area contributed by atoms with Crippen molar-refractivity contribution in [2.75, 3.05) is 13.1 Å². The van der Waals surface area contributed by atoms with E-state index in [1.165, 1.54) is 16.5 Å². The van der Waals surface area contributed by atoms with Gasteiger partial charge in [-0.1, -0.05) is 32.0 Å². The van der Waals surface area contributed by atoms with E-state index < -0.39 is 0 Å². The molecule has 0 bridgehead atoms. The van der Waals surface area contributed by atoms with Crippen LogP contribution in [-0.2, 0) is 0 Å². The number of hydrogen-bond acceptors (Lipinski definition) is 2. The molecule has 0 N–H and O–H groups in total. The maximum atomic E-state index is 12.8. The summed E-state index contributed by atoms with van der Waals surface area (Å²) in [6, 6.07) is 8.30. The number of thiophene rings is 1. The highest BCUT2D eigenvalue weighted by Gasteiger charge is 2.28. The molecule has 20 heavy (non-hydrogen) atoms. The van der Waals surface area contributed by atoms with E-state index in [0.717, 1.165) is 23.5 Å². The van der Waals surface area contributed by atoms with Crippen LogP contribution in [0, 0.1) is 18.8 Å². The number of amides is 1. The van der Waals surface area contributed by atoms with E-state index in [1.54, 1.807) is 11.3 Å². The molecule has 1 aromatic carbocycles. The molecule has 0 radical (unpaired) electrons. The van der Waals surface area contributed by atoms with Gasteiger partial charge in [-0.15, -0.1) is 11.3 Å². The highest BCUT2D eigenvalue weighted by Crippen LogP contribution is 2.32. The molecule has 2 heterocycles. The van der Waals surface area contributed by atoms with Crippen molar-refractivity contribution in [1.29, 1.82) is 0 Å². The Morgan fingerprint density at radius 3 is 2.50 bits per heavy atom. The first-order valence-corrected chi connectivity index (χ1v) is 8.15. The lowest BCUT2D eigenvalue weighted by Crippen LogP contribution is -2.42. The molecule has 1 saturated heterocycles. The molecule has 0 saturated carbocycles. The summed E-state index contributed by atoms with van der Waals surface area (Å²) in [6.45, 7) is 8.36. The van der Waals surface area contributed by atoms with Gasteiger partial charge in [-0.25, -0.2) is 0 Å². The minimum Gasteiger partial charge on any atom is -0.337 e. The SMILES string of the molecule is Cc1c(C(=O)N2C[C@@H](C)C[C@H](C)C2)sc2ccccc12. The van der Waals surface area contributed by atoms with Crippen molar-refractivity contribution in [2.45, 2.75) is 27.2 Å². The van der Waals surface area contributed by atoms with Crippen LogP contribution in [-0.4, -0.2) is 23.9 Å². The summed E-state index contributed by atoms with van der Waals surface area (Å²) in [5.41, 5.74) is 1.14. The van der Waals surface area contributed by atoms with Gasteiger partial charge in [0.25, 0.3) is 5.91 Å². The predicted molar refractivity (Wildman–Crippen MR) is 85.4 cm³/mol. The van der Waals surface area contributed by atoms with Gasteiger partial charge in [0.2, 0.25) is 0 Å². The van der Waals surface area contributed by atoms with Crippen LogP contribution in [0.3, 0.4) is 0 Å². The number of nitrogens with zero attached hydrogens (tertiary/aromatic N) is 1. The number of carbonyl (C=O) groups is 1. The Balaban J connectivity index is 1.94. The van der Waals surface area contributed by atoms with Gasteiger partial charge in [-0.2, -0.15) is 0 Å². The standard InChI is InChI=1S/C17H21NOS/c1-11-8-12(2)10-18(9-11)17(19)16-13(3)14-6-4-5-7-15(14)20-16/h4-7,11-12H,8-10H2,1-3H3/t11-,12-/m0/s1. The van der Waals surface area contributed by atoms with Crippen LogP contribution in [0.25, 0.3) is 10.1 Å². The Bertz CT molecular complexity index is 635. The summed E-state index contributed by atoms with van der Waals surface area (Å²) in [5.74, 6) is 1.44. The van der Waals surface area contributed by atoms with E-state index >= 15 is 0 Å². The molecule has 1 fully saturated rings. The van der Waals surface area contributed by atoms with Gasteiger partial charge in [0.05, 0.1) is 4.88 Å². The summed E-state index contributed by atoms with van der Waals surface area (Å²) in [5, 5.41) is 1.22. The Kier molecular flexibility index (Phi) is 3.55. The van der Waals surface area contributed by atoms with Crippen molar-refractivity contribution in [2.24, 2.45) is 11.8 Å². The fourth-order valence-electron chi connectivity index (χ4n) is 3.35. The number of benzene rings is 1. The average molecular weight is 287 g/mol. The number of fused-ring (bicyclic) bond motifs is 1. The molecule has 0 aliphatic carbocycles. The molecule has 0 spiro atoms. The molecule has 106 valence electrons. The molecular weight excluding hydrogens is 266 g/mol.